The molecule has 0 fully saturated rings. The zero-order valence-electron chi connectivity index (χ0n) is 15.7. The van der Waals surface area contributed by atoms with Crippen LogP contribution in [-0.2, 0) is 11.3 Å². The van der Waals surface area contributed by atoms with Gasteiger partial charge in [-0.1, -0.05) is 36.4 Å². The van der Waals surface area contributed by atoms with Crippen molar-refractivity contribution in [1.29, 1.82) is 0 Å². The Morgan fingerprint density at radius 1 is 1.08 bits per heavy atom. The summed E-state index contributed by atoms with van der Waals surface area (Å²) in [6.07, 6.45) is 1.71. The highest BCUT2D eigenvalue weighted by atomic mass is 16.2. The first-order chi connectivity index (χ1) is 12.3. The number of aryl methyl sites for hydroxylation is 1. The maximum Gasteiger partial charge on any atom is 0.240 e. The fourth-order valence-corrected chi connectivity index (χ4v) is 2.87. The summed E-state index contributed by atoms with van der Waals surface area (Å²) in [5.74, 6) is -0.0524. The molecule has 0 aliphatic heterocycles. The number of rotatable bonds is 4. The van der Waals surface area contributed by atoms with Gasteiger partial charge >= 0.3 is 0 Å². The minimum absolute atomic E-state index is 0.0524. The molecule has 0 saturated heterocycles. The van der Waals surface area contributed by atoms with Crippen LogP contribution in [0.15, 0.2) is 54.9 Å². The van der Waals surface area contributed by atoms with E-state index in [0.717, 1.165) is 28.3 Å². The number of nitrogens with one attached hydrogen (secondary N) is 1. The second kappa shape index (κ2) is 7.12. The zero-order valence-corrected chi connectivity index (χ0v) is 15.7. The first-order valence-corrected chi connectivity index (χ1v) is 8.69. The van der Waals surface area contributed by atoms with E-state index in [-0.39, 0.29) is 18.0 Å². The lowest BCUT2D eigenvalue weighted by Gasteiger charge is -2.21. The van der Waals surface area contributed by atoms with Gasteiger partial charge in [0.15, 0.2) is 0 Å². The number of hydrogen-bond donors (Lipinski definition) is 1. The molecule has 1 aromatic carbocycles. The smallest absolute Gasteiger partial charge is 0.240 e. The predicted octanol–water partition coefficient (Wildman–Crippen LogP) is 3.84. The maximum absolute atomic E-state index is 12.4. The van der Waals surface area contributed by atoms with Crippen molar-refractivity contribution in [3.05, 3.63) is 60.6 Å². The molecule has 0 radical (unpaired) electrons. The molecule has 0 saturated carbocycles. The Morgan fingerprint density at radius 3 is 2.46 bits per heavy atom. The Morgan fingerprint density at radius 2 is 1.81 bits per heavy atom. The second-order valence-electron chi connectivity index (χ2n) is 7.40. The van der Waals surface area contributed by atoms with Gasteiger partial charge in [0.25, 0.3) is 0 Å². The topological polar surface area (TPSA) is 59.8 Å². The lowest BCUT2D eigenvalue weighted by Crippen LogP contribution is -2.42. The summed E-state index contributed by atoms with van der Waals surface area (Å²) in [5.41, 5.74) is 4.14. The van der Waals surface area contributed by atoms with Crippen LogP contribution in [0.1, 0.15) is 26.5 Å². The average Bonchev–Trinajstić information content (AvgIpc) is 2.97. The van der Waals surface area contributed by atoms with E-state index in [1.165, 1.54) is 0 Å². The fourth-order valence-electron chi connectivity index (χ4n) is 2.87. The van der Waals surface area contributed by atoms with Crippen LogP contribution in [0.2, 0.25) is 0 Å². The summed E-state index contributed by atoms with van der Waals surface area (Å²) in [5, 5.41) is 3.00. The number of benzene rings is 1. The molecule has 0 unspecified atom stereocenters. The van der Waals surface area contributed by atoms with Gasteiger partial charge in [0.1, 0.15) is 6.54 Å². The van der Waals surface area contributed by atoms with E-state index in [9.17, 15) is 4.79 Å². The van der Waals surface area contributed by atoms with Gasteiger partial charge in [-0.3, -0.25) is 9.78 Å². The molecule has 1 amide bonds. The Labute approximate surface area is 154 Å². The Kier molecular flexibility index (Phi) is 4.89. The molecule has 0 aliphatic carbocycles. The van der Waals surface area contributed by atoms with Gasteiger partial charge in [-0.05, 0) is 39.8 Å². The van der Waals surface area contributed by atoms with Crippen LogP contribution in [0.25, 0.3) is 22.6 Å². The third-order valence-electron chi connectivity index (χ3n) is 3.84. The molecular weight excluding hydrogens is 324 g/mol. The van der Waals surface area contributed by atoms with Gasteiger partial charge < -0.3 is 9.88 Å². The summed E-state index contributed by atoms with van der Waals surface area (Å²) in [6.45, 7) is 8.06. The Balaban J connectivity index is 2.05. The van der Waals surface area contributed by atoms with Crippen LogP contribution in [0.3, 0.4) is 0 Å². The van der Waals surface area contributed by atoms with Crippen molar-refractivity contribution in [2.24, 2.45) is 0 Å². The number of carbonyl (C=O) groups is 1. The molecule has 134 valence electrons. The van der Waals surface area contributed by atoms with Crippen LogP contribution in [-0.4, -0.2) is 26.0 Å². The molecule has 0 spiro atoms. The lowest BCUT2D eigenvalue weighted by atomic mass is 10.1. The van der Waals surface area contributed by atoms with Gasteiger partial charge in [-0.2, -0.15) is 0 Å². The van der Waals surface area contributed by atoms with Crippen LogP contribution < -0.4 is 5.32 Å². The van der Waals surface area contributed by atoms with Crippen molar-refractivity contribution < 1.29 is 4.79 Å². The number of carbonyl (C=O) groups excluding carboxylic acids is 1. The Hall–Kier alpha value is -2.95. The number of aromatic nitrogens is 3. The van der Waals surface area contributed by atoms with Crippen molar-refractivity contribution in [2.75, 3.05) is 0 Å². The molecule has 26 heavy (non-hydrogen) atoms. The highest BCUT2D eigenvalue weighted by Gasteiger charge is 2.20. The third kappa shape index (κ3) is 4.17. The van der Waals surface area contributed by atoms with E-state index < -0.39 is 0 Å². The van der Waals surface area contributed by atoms with Crippen molar-refractivity contribution in [2.45, 2.75) is 39.8 Å². The van der Waals surface area contributed by atoms with Crippen molar-refractivity contribution >= 4 is 5.91 Å². The minimum atomic E-state index is -0.276. The van der Waals surface area contributed by atoms with Gasteiger partial charge in [-0.25, -0.2) is 4.98 Å². The Bertz CT molecular complexity index is 907. The highest BCUT2D eigenvalue weighted by molar-refractivity contribution is 5.81. The molecule has 0 bridgehead atoms. The molecule has 5 nitrogen and oxygen atoms in total. The van der Waals surface area contributed by atoms with Crippen LogP contribution in [0.4, 0.5) is 0 Å². The lowest BCUT2D eigenvalue weighted by molar-refractivity contribution is -0.123. The van der Waals surface area contributed by atoms with E-state index in [1.54, 1.807) is 6.33 Å². The summed E-state index contributed by atoms with van der Waals surface area (Å²) in [6, 6.07) is 15.8. The monoisotopic (exact) mass is 348 g/mol. The SMILES string of the molecule is Cc1cccc(-c2c(-c3ccccc3)ncn2CC(=O)NC(C)(C)C)n1. The fraction of sp³-hybridized carbons (Fsp3) is 0.286. The van der Waals surface area contributed by atoms with Crippen molar-refractivity contribution in [1.82, 2.24) is 19.9 Å². The zero-order chi connectivity index (χ0) is 18.7. The molecule has 0 aliphatic rings. The summed E-state index contributed by atoms with van der Waals surface area (Å²) >= 11 is 0. The number of pyridine rings is 1. The molecule has 3 aromatic rings. The van der Waals surface area contributed by atoms with Gasteiger partial charge in [0.05, 0.1) is 23.4 Å². The van der Waals surface area contributed by atoms with Gasteiger partial charge in [0.2, 0.25) is 5.91 Å². The molecular formula is C21H24N4O. The first-order valence-electron chi connectivity index (χ1n) is 8.69. The quantitative estimate of drug-likeness (QED) is 0.779. The van der Waals surface area contributed by atoms with Crippen molar-refractivity contribution in [3.63, 3.8) is 0 Å². The van der Waals surface area contributed by atoms with Crippen LogP contribution in [0, 0.1) is 6.92 Å². The maximum atomic E-state index is 12.4. The molecule has 5 heteroatoms. The molecule has 3 rings (SSSR count). The van der Waals surface area contributed by atoms with E-state index >= 15 is 0 Å². The highest BCUT2D eigenvalue weighted by Crippen LogP contribution is 2.30. The second-order valence-corrected chi connectivity index (χ2v) is 7.40. The van der Waals surface area contributed by atoms with E-state index in [4.69, 9.17) is 0 Å². The average molecular weight is 348 g/mol. The number of imidazole rings is 1. The first kappa shape index (κ1) is 17.9. The molecule has 1 N–H and O–H groups in total. The standard InChI is InChI=1S/C21H24N4O/c1-15-9-8-12-17(23-15)20-19(16-10-6-5-7-11-16)22-14-25(20)13-18(26)24-21(2,3)4/h5-12,14H,13H2,1-4H3,(H,24,26). The third-order valence-corrected chi connectivity index (χ3v) is 3.84. The number of hydrogen-bond acceptors (Lipinski definition) is 3. The number of amides is 1. The summed E-state index contributed by atoms with van der Waals surface area (Å²) < 4.78 is 1.87. The van der Waals surface area contributed by atoms with E-state index in [2.05, 4.69) is 15.3 Å². The van der Waals surface area contributed by atoms with E-state index in [1.807, 2.05) is 80.8 Å². The van der Waals surface area contributed by atoms with Gasteiger partial charge in [-0.15, -0.1) is 0 Å². The predicted molar refractivity (Wildman–Crippen MR) is 104 cm³/mol. The van der Waals surface area contributed by atoms with E-state index in [0.29, 0.717) is 0 Å². The van der Waals surface area contributed by atoms with Crippen molar-refractivity contribution in [3.8, 4) is 22.6 Å². The van der Waals surface area contributed by atoms with Crippen LogP contribution in [0.5, 0.6) is 0 Å². The summed E-state index contributed by atoms with van der Waals surface area (Å²) in [7, 11) is 0. The molecule has 0 atom stereocenters. The number of nitrogens with zero attached hydrogens (tertiary/aromatic N) is 3. The molecule has 2 aromatic heterocycles. The normalized spacial score (nSPS) is 11.4. The largest absolute Gasteiger partial charge is 0.350 e. The van der Waals surface area contributed by atoms with Crippen LogP contribution >= 0.6 is 0 Å². The molecule has 2 heterocycles. The minimum Gasteiger partial charge on any atom is -0.350 e. The van der Waals surface area contributed by atoms with Gasteiger partial charge in [0, 0.05) is 16.8 Å². The summed E-state index contributed by atoms with van der Waals surface area (Å²) in [4.78, 5) is 21.7.